The third kappa shape index (κ3) is 6.36. The minimum Gasteiger partial charge on any atom is -0.357 e. The fourth-order valence-corrected chi connectivity index (χ4v) is 2.89. The quantitative estimate of drug-likeness (QED) is 0.413. The van der Waals surface area contributed by atoms with E-state index in [2.05, 4.69) is 32.7 Å². The van der Waals surface area contributed by atoms with E-state index in [1.807, 2.05) is 23.3 Å². The second-order valence-electron chi connectivity index (χ2n) is 6.74. The molecule has 1 saturated heterocycles. The Morgan fingerprint density at radius 3 is 2.76 bits per heavy atom. The second-order valence-corrected chi connectivity index (χ2v) is 6.74. The summed E-state index contributed by atoms with van der Waals surface area (Å²) in [6, 6.07) is 0.275. The SMILES string of the molecule is CCNC(=NCCCCn1cnnc1)NC1CCN(C(=O)C(C)C)C1. The van der Waals surface area contributed by atoms with Gasteiger partial charge in [0.1, 0.15) is 12.7 Å². The van der Waals surface area contributed by atoms with E-state index >= 15 is 0 Å². The van der Waals surface area contributed by atoms with Gasteiger partial charge >= 0.3 is 0 Å². The van der Waals surface area contributed by atoms with Gasteiger partial charge in [-0.3, -0.25) is 9.79 Å². The van der Waals surface area contributed by atoms with Gasteiger partial charge in [0.05, 0.1) is 0 Å². The van der Waals surface area contributed by atoms with Gasteiger partial charge in [-0.15, -0.1) is 10.2 Å². The van der Waals surface area contributed by atoms with Crippen molar-refractivity contribution in [2.75, 3.05) is 26.2 Å². The molecule has 1 atom stereocenters. The number of guanidine groups is 1. The Bertz CT molecular complexity index is 541. The summed E-state index contributed by atoms with van der Waals surface area (Å²) in [7, 11) is 0. The number of aromatic nitrogens is 3. The van der Waals surface area contributed by atoms with Crippen molar-refractivity contribution in [2.24, 2.45) is 10.9 Å². The molecular formula is C17H31N7O. The van der Waals surface area contributed by atoms with Crippen LogP contribution in [0.3, 0.4) is 0 Å². The minimum atomic E-state index is 0.0614. The molecule has 1 unspecified atom stereocenters. The highest BCUT2D eigenvalue weighted by Gasteiger charge is 2.27. The number of rotatable bonds is 8. The number of aliphatic imine (C=N–C) groups is 1. The molecule has 140 valence electrons. The standard InChI is InChI=1S/C17H31N7O/c1-4-18-17(19-8-5-6-9-23-12-20-21-13-23)22-15-7-10-24(11-15)16(25)14(2)3/h12-15H,4-11H2,1-3H3,(H2,18,19,22). The molecule has 0 radical (unpaired) electrons. The number of hydrogen-bond acceptors (Lipinski definition) is 4. The largest absolute Gasteiger partial charge is 0.357 e. The Morgan fingerprint density at radius 1 is 1.32 bits per heavy atom. The van der Waals surface area contributed by atoms with E-state index < -0.39 is 0 Å². The van der Waals surface area contributed by atoms with Crippen LogP contribution >= 0.6 is 0 Å². The van der Waals surface area contributed by atoms with Crippen molar-refractivity contribution in [3.05, 3.63) is 12.7 Å². The highest BCUT2D eigenvalue weighted by Crippen LogP contribution is 2.12. The van der Waals surface area contributed by atoms with E-state index in [-0.39, 0.29) is 17.9 Å². The Morgan fingerprint density at radius 2 is 2.08 bits per heavy atom. The van der Waals surface area contributed by atoms with Gasteiger partial charge in [0.2, 0.25) is 5.91 Å². The molecule has 8 nitrogen and oxygen atoms in total. The van der Waals surface area contributed by atoms with E-state index in [4.69, 9.17) is 0 Å². The van der Waals surface area contributed by atoms with Crippen LogP contribution in [0.2, 0.25) is 0 Å². The molecule has 25 heavy (non-hydrogen) atoms. The van der Waals surface area contributed by atoms with Crippen molar-refractivity contribution >= 4 is 11.9 Å². The van der Waals surface area contributed by atoms with Gasteiger partial charge in [0.25, 0.3) is 0 Å². The Kier molecular flexibility index (Phi) is 7.69. The number of carbonyl (C=O) groups excluding carboxylic acids is 1. The normalized spacial score (nSPS) is 18.0. The number of carbonyl (C=O) groups is 1. The van der Waals surface area contributed by atoms with E-state index in [1.54, 1.807) is 12.7 Å². The molecule has 0 spiro atoms. The fraction of sp³-hybridized carbons (Fsp3) is 0.765. The summed E-state index contributed by atoms with van der Waals surface area (Å²) < 4.78 is 1.98. The summed E-state index contributed by atoms with van der Waals surface area (Å²) >= 11 is 0. The zero-order valence-electron chi connectivity index (χ0n) is 15.6. The van der Waals surface area contributed by atoms with Gasteiger partial charge in [0, 0.05) is 44.7 Å². The zero-order chi connectivity index (χ0) is 18.1. The predicted molar refractivity (Wildman–Crippen MR) is 98.2 cm³/mol. The van der Waals surface area contributed by atoms with Crippen molar-refractivity contribution in [2.45, 2.75) is 52.6 Å². The fourth-order valence-electron chi connectivity index (χ4n) is 2.89. The number of nitrogens with one attached hydrogen (secondary N) is 2. The molecule has 0 saturated carbocycles. The van der Waals surface area contributed by atoms with Crippen LogP contribution in [0.4, 0.5) is 0 Å². The van der Waals surface area contributed by atoms with Crippen molar-refractivity contribution in [3.63, 3.8) is 0 Å². The smallest absolute Gasteiger partial charge is 0.225 e. The van der Waals surface area contributed by atoms with Crippen LogP contribution in [-0.4, -0.2) is 63.8 Å². The highest BCUT2D eigenvalue weighted by molar-refractivity contribution is 5.81. The van der Waals surface area contributed by atoms with E-state index in [0.717, 1.165) is 57.9 Å². The first-order valence-corrected chi connectivity index (χ1v) is 9.26. The third-order valence-electron chi connectivity index (χ3n) is 4.24. The summed E-state index contributed by atoms with van der Waals surface area (Å²) in [5.74, 6) is 1.14. The lowest BCUT2D eigenvalue weighted by molar-refractivity contribution is -0.133. The van der Waals surface area contributed by atoms with Crippen LogP contribution in [0, 0.1) is 5.92 Å². The average Bonchev–Trinajstić information content (AvgIpc) is 3.25. The number of hydrogen-bond donors (Lipinski definition) is 2. The number of unbranched alkanes of at least 4 members (excludes halogenated alkanes) is 1. The molecular weight excluding hydrogens is 318 g/mol. The average molecular weight is 349 g/mol. The molecule has 2 rings (SSSR count). The van der Waals surface area contributed by atoms with Gasteiger partial charge in [-0.1, -0.05) is 13.8 Å². The first-order valence-electron chi connectivity index (χ1n) is 9.26. The molecule has 2 heterocycles. The summed E-state index contributed by atoms with van der Waals surface area (Å²) in [6.07, 6.45) is 6.49. The van der Waals surface area contributed by atoms with Crippen LogP contribution < -0.4 is 10.6 Å². The molecule has 1 aromatic rings. The molecule has 1 aliphatic rings. The molecule has 0 aliphatic carbocycles. The molecule has 1 aromatic heterocycles. The van der Waals surface area contributed by atoms with Crippen molar-refractivity contribution in [1.82, 2.24) is 30.3 Å². The third-order valence-corrected chi connectivity index (χ3v) is 4.24. The predicted octanol–water partition coefficient (Wildman–Crippen LogP) is 0.870. The van der Waals surface area contributed by atoms with Crippen molar-refractivity contribution < 1.29 is 4.79 Å². The van der Waals surface area contributed by atoms with E-state index in [9.17, 15) is 4.79 Å². The first kappa shape index (κ1) is 19.2. The van der Waals surface area contributed by atoms with Gasteiger partial charge in [-0.2, -0.15) is 0 Å². The Labute approximate surface area is 150 Å². The zero-order valence-corrected chi connectivity index (χ0v) is 15.6. The van der Waals surface area contributed by atoms with Crippen LogP contribution in [0.5, 0.6) is 0 Å². The minimum absolute atomic E-state index is 0.0614. The number of amides is 1. The van der Waals surface area contributed by atoms with Crippen LogP contribution in [-0.2, 0) is 11.3 Å². The van der Waals surface area contributed by atoms with Crippen LogP contribution in [0.25, 0.3) is 0 Å². The van der Waals surface area contributed by atoms with Crippen molar-refractivity contribution in [3.8, 4) is 0 Å². The summed E-state index contributed by atoms with van der Waals surface area (Å²) in [4.78, 5) is 18.7. The maximum Gasteiger partial charge on any atom is 0.225 e. The molecule has 0 aromatic carbocycles. The Balaban J connectivity index is 1.73. The number of aryl methyl sites for hydroxylation is 1. The molecule has 2 N–H and O–H groups in total. The lowest BCUT2D eigenvalue weighted by Gasteiger charge is -2.20. The van der Waals surface area contributed by atoms with E-state index in [0.29, 0.717) is 0 Å². The van der Waals surface area contributed by atoms with Gasteiger partial charge in [0.15, 0.2) is 5.96 Å². The summed E-state index contributed by atoms with van der Waals surface area (Å²) in [6.45, 7) is 10.1. The molecule has 8 heteroatoms. The molecule has 1 aliphatic heterocycles. The lowest BCUT2D eigenvalue weighted by Crippen LogP contribution is -2.45. The highest BCUT2D eigenvalue weighted by atomic mass is 16.2. The van der Waals surface area contributed by atoms with Crippen LogP contribution in [0.1, 0.15) is 40.0 Å². The lowest BCUT2D eigenvalue weighted by atomic mass is 10.2. The molecule has 0 bridgehead atoms. The number of likely N-dealkylation sites (tertiary alicyclic amines) is 1. The molecule has 1 amide bonds. The molecule has 1 fully saturated rings. The van der Waals surface area contributed by atoms with Crippen LogP contribution in [0.15, 0.2) is 17.6 Å². The maximum atomic E-state index is 12.1. The first-order chi connectivity index (χ1) is 12.1. The Hall–Kier alpha value is -2.12. The summed E-state index contributed by atoms with van der Waals surface area (Å²) in [5.41, 5.74) is 0. The second kappa shape index (κ2) is 10.0. The summed E-state index contributed by atoms with van der Waals surface area (Å²) in [5, 5.41) is 14.4. The maximum absolute atomic E-state index is 12.1. The monoisotopic (exact) mass is 349 g/mol. The van der Waals surface area contributed by atoms with Gasteiger partial charge < -0.3 is 20.1 Å². The van der Waals surface area contributed by atoms with E-state index in [1.165, 1.54) is 0 Å². The van der Waals surface area contributed by atoms with Gasteiger partial charge in [-0.05, 0) is 26.2 Å². The van der Waals surface area contributed by atoms with Crippen molar-refractivity contribution in [1.29, 1.82) is 0 Å². The van der Waals surface area contributed by atoms with Gasteiger partial charge in [-0.25, -0.2) is 0 Å². The number of nitrogens with zero attached hydrogens (tertiary/aromatic N) is 5. The topological polar surface area (TPSA) is 87.4 Å².